The SMILES string of the molecule is CCCCN(CC(N)=O)c1c(N)cnc2ccccc12. The number of benzene rings is 1. The molecule has 0 saturated carbocycles. The molecule has 1 amide bonds. The molecular weight excluding hydrogens is 252 g/mol. The lowest BCUT2D eigenvalue weighted by atomic mass is 10.1. The van der Waals surface area contributed by atoms with Crippen LogP contribution in [0.15, 0.2) is 30.5 Å². The molecular formula is C15H20N4O. The number of carbonyl (C=O) groups is 1. The molecule has 0 spiro atoms. The summed E-state index contributed by atoms with van der Waals surface area (Å²) in [6.07, 6.45) is 3.65. The van der Waals surface area contributed by atoms with Crippen molar-refractivity contribution in [2.75, 3.05) is 23.7 Å². The third-order valence-electron chi connectivity index (χ3n) is 3.22. The Labute approximate surface area is 118 Å². The van der Waals surface area contributed by atoms with Crippen molar-refractivity contribution in [1.82, 2.24) is 4.98 Å². The first kappa shape index (κ1) is 14.1. The van der Waals surface area contributed by atoms with E-state index in [4.69, 9.17) is 11.5 Å². The minimum atomic E-state index is -0.360. The Morgan fingerprint density at radius 3 is 2.80 bits per heavy atom. The topological polar surface area (TPSA) is 85.2 Å². The molecule has 0 aliphatic carbocycles. The van der Waals surface area contributed by atoms with Crippen molar-refractivity contribution in [3.8, 4) is 0 Å². The monoisotopic (exact) mass is 272 g/mol. The van der Waals surface area contributed by atoms with Crippen LogP contribution in [-0.4, -0.2) is 24.0 Å². The minimum Gasteiger partial charge on any atom is -0.396 e. The van der Waals surface area contributed by atoms with E-state index >= 15 is 0 Å². The molecule has 106 valence electrons. The van der Waals surface area contributed by atoms with Gasteiger partial charge in [0.05, 0.1) is 29.6 Å². The summed E-state index contributed by atoms with van der Waals surface area (Å²) >= 11 is 0. The molecule has 5 nitrogen and oxygen atoms in total. The van der Waals surface area contributed by atoms with E-state index in [0.717, 1.165) is 36.0 Å². The Morgan fingerprint density at radius 2 is 2.10 bits per heavy atom. The molecule has 1 aromatic carbocycles. The number of primary amides is 1. The molecule has 0 atom stereocenters. The van der Waals surface area contributed by atoms with Gasteiger partial charge in [-0.15, -0.1) is 0 Å². The Hall–Kier alpha value is -2.30. The summed E-state index contributed by atoms with van der Waals surface area (Å²) in [6.45, 7) is 3.02. The number of carbonyl (C=O) groups excluding carboxylic acids is 1. The summed E-state index contributed by atoms with van der Waals surface area (Å²) in [5.74, 6) is -0.360. The van der Waals surface area contributed by atoms with Crippen LogP contribution >= 0.6 is 0 Å². The zero-order valence-corrected chi connectivity index (χ0v) is 11.7. The summed E-state index contributed by atoms with van der Waals surface area (Å²) in [4.78, 5) is 17.6. The normalized spacial score (nSPS) is 10.7. The molecule has 4 N–H and O–H groups in total. The number of hydrogen-bond acceptors (Lipinski definition) is 4. The second-order valence-electron chi connectivity index (χ2n) is 4.82. The van der Waals surface area contributed by atoms with Gasteiger partial charge in [0, 0.05) is 11.9 Å². The van der Waals surface area contributed by atoms with E-state index < -0.39 is 0 Å². The van der Waals surface area contributed by atoms with Crippen LogP contribution in [0.1, 0.15) is 19.8 Å². The second-order valence-corrected chi connectivity index (χ2v) is 4.82. The van der Waals surface area contributed by atoms with E-state index in [1.165, 1.54) is 0 Å². The molecule has 1 heterocycles. The molecule has 2 aromatic rings. The first-order chi connectivity index (χ1) is 9.63. The van der Waals surface area contributed by atoms with Crippen LogP contribution in [0.5, 0.6) is 0 Å². The number of hydrogen-bond donors (Lipinski definition) is 2. The highest BCUT2D eigenvalue weighted by atomic mass is 16.1. The highest BCUT2D eigenvalue weighted by Crippen LogP contribution is 2.31. The van der Waals surface area contributed by atoms with Crippen LogP contribution < -0.4 is 16.4 Å². The largest absolute Gasteiger partial charge is 0.396 e. The van der Waals surface area contributed by atoms with E-state index in [1.807, 2.05) is 29.2 Å². The number of unbranched alkanes of at least 4 members (excludes halogenated alkanes) is 1. The third kappa shape index (κ3) is 2.99. The van der Waals surface area contributed by atoms with Gasteiger partial charge in [-0.05, 0) is 12.5 Å². The quantitative estimate of drug-likeness (QED) is 0.841. The third-order valence-corrected chi connectivity index (χ3v) is 3.22. The van der Waals surface area contributed by atoms with Crippen molar-refractivity contribution in [1.29, 1.82) is 0 Å². The molecule has 2 rings (SSSR count). The summed E-state index contributed by atoms with van der Waals surface area (Å²) in [5, 5.41) is 0.949. The Bertz CT molecular complexity index is 612. The average molecular weight is 272 g/mol. The van der Waals surface area contributed by atoms with Gasteiger partial charge in [0.1, 0.15) is 0 Å². The number of rotatable bonds is 6. The summed E-state index contributed by atoms with van der Waals surface area (Å²) in [6, 6.07) is 7.77. The number of pyridine rings is 1. The lowest BCUT2D eigenvalue weighted by Crippen LogP contribution is -2.35. The first-order valence-electron chi connectivity index (χ1n) is 6.80. The minimum absolute atomic E-state index is 0.165. The zero-order valence-electron chi connectivity index (χ0n) is 11.7. The Morgan fingerprint density at radius 1 is 1.35 bits per heavy atom. The molecule has 0 fully saturated rings. The van der Waals surface area contributed by atoms with Gasteiger partial charge < -0.3 is 16.4 Å². The maximum atomic E-state index is 11.3. The molecule has 0 aliphatic heterocycles. The highest BCUT2D eigenvalue weighted by Gasteiger charge is 2.15. The van der Waals surface area contributed by atoms with E-state index in [0.29, 0.717) is 5.69 Å². The smallest absolute Gasteiger partial charge is 0.236 e. The fourth-order valence-corrected chi connectivity index (χ4v) is 2.30. The van der Waals surface area contributed by atoms with E-state index in [-0.39, 0.29) is 12.5 Å². The van der Waals surface area contributed by atoms with Crippen molar-refractivity contribution < 1.29 is 4.79 Å². The molecule has 1 aromatic heterocycles. The van der Waals surface area contributed by atoms with Gasteiger partial charge in [-0.2, -0.15) is 0 Å². The van der Waals surface area contributed by atoms with Crippen LogP contribution in [-0.2, 0) is 4.79 Å². The maximum Gasteiger partial charge on any atom is 0.236 e. The second kappa shape index (κ2) is 6.23. The average Bonchev–Trinajstić information content (AvgIpc) is 2.43. The molecule has 0 aliphatic rings. The number of nitrogens with two attached hydrogens (primary N) is 2. The first-order valence-corrected chi connectivity index (χ1v) is 6.80. The van der Waals surface area contributed by atoms with Crippen molar-refractivity contribution in [3.05, 3.63) is 30.5 Å². The van der Waals surface area contributed by atoms with Gasteiger partial charge in [0.25, 0.3) is 0 Å². The van der Waals surface area contributed by atoms with Crippen molar-refractivity contribution >= 4 is 28.2 Å². The number of nitrogen functional groups attached to an aromatic ring is 1. The number of aromatic nitrogens is 1. The van der Waals surface area contributed by atoms with Gasteiger partial charge in [0.15, 0.2) is 0 Å². The van der Waals surface area contributed by atoms with Crippen LogP contribution in [0.2, 0.25) is 0 Å². The number of amides is 1. The molecule has 0 radical (unpaired) electrons. The predicted octanol–water partition coefficient (Wildman–Crippen LogP) is 1.91. The molecule has 5 heteroatoms. The van der Waals surface area contributed by atoms with Gasteiger partial charge in [-0.3, -0.25) is 9.78 Å². The van der Waals surface area contributed by atoms with Crippen molar-refractivity contribution in [3.63, 3.8) is 0 Å². The summed E-state index contributed by atoms with van der Waals surface area (Å²) in [7, 11) is 0. The Kier molecular flexibility index (Phi) is 4.40. The predicted molar refractivity (Wildman–Crippen MR) is 82.5 cm³/mol. The lowest BCUT2D eigenvalue weighted by molar-refractivity contribution is -0.116. The van der Waals surface area contributed by atoms with Gasteiger partial charge in [-0.1, -0.05) is 31.5 Å². The molecule has 0 unspecified atom stereocenters. The number of nitrogens with zero attached hydrogens (tertiary/aromatic N) is 2. The number of para-hydroxylation sites is 1. The fraction of sp³-hybridized carbons (Fsp3) is 0.333. The van der Waals surface area contributed by atoms with Crippen LogP contribution in [0.4, 0.5) is 11.4 Å². The maximum absolute atomic E-state index is 11.3. The number of fused-ring (bicyclic) bond motifs is 1. The van der Waals surface area contributed by atoms with Crippen molar-refractivity contribution in [2.24, 2.45) is 5.73 Å². The van der Waals surface area contributed by atoms with Crippen LogP contribution in [0.25, 0.3) is 10.9 Å². The van der Waals surface area contributed by atoms with E-state index in [1.54, 1.807) is 6.20 Å². The molecule has 20 heavy (non-hydrogen) atoms. The summed E-state index contributed by atoms with van der Waals surface area (Å²) in [5.41, 5.74) is 13.7. The van der Waals surface area contributed by atoms with Crippen molar-refractivity contribution in [2.45, 2.75) is 19.8 Å². The highest BCUT2D eigenvalue weighted by molar-refractivity contribution is 5.98. The van der Waals surface area contributed by atoms with Gasteiger partial charge >= 0.3 is 0 Å². The number of anilines is 2. The van der Waals surface area contributed by atoms with E-state index in [9.17, 15) is 4.79 Å². The van der Waals surface area contributed by atoms with Crippen LogP contribution in [0, 0.1) is 0 Å². The van der Waals surface area contributed by atoms with E-state index in [2.05, 4.69) is 11.9 Å². The van der Waals surface area contributed by atoms with Gasteiger partial charge in [0.2, 0.25) is 5.91 Å². The lowest BCUT2D eigenvalue weighted by Gasteiger charge is -2.26. The van der Waals surface area contributed by atoms with Gasteiger partial charge in [-0.25, -0.2) is 0 Å². The van der Waals surface area contributed by atoms with Crippen LogP contribution in [0.3, 0.4) is 0 Å². The Balaban J connectivity index is 2.50. The summed E-state index contributed by atoms with van der Waals surface area (Å²) < 4.78 is 0. The standard InChI is InChI=1S/C15H20N4O/c1-2-3-8-19(10-14(17)20)15-11-6-4-5-7-13(11)18-9-12(15)16/h4-7,9H,2-3,8,10,16H2,1H3,(H2,17,20). The fourth-order valence-electron chi connectivity index (χ4n) is 2.30. The molecule has 0 saturated heterocycles. The molecule has 0 bridgehead atoms. The zero-order chi connectivity index (χ0) is 14.5.